The molecule has 0 radical (unpaired) electrons. The van der Waals surface area contributed by atoms with Crippen LogP contribution in [-0.4, -0.2) is 32.2 Å². The minimum Gasteiger partial charge on any atom is -0.497 e. The number of rotatable bonds is 11. The molecule has 1 N–H and O–H groups in total. The van der Waals surface area contributed by atoms with Crippen molar-refractivity contribution in [1.29, 1.82) is 0 Å². The highest BCUT2D eigenvalue weighted by Crippen LogP contribution is 2.17. The smallest absolute Gasteiger partial charge is 0.330 e. The lowest BCUT2D eigenvalue weighted by atomic mass is 10.2. The average Bonchev–Trinajstić information content (AvgIpc) is 2.73. The first-order chi connectivity index (χ1) is 13.6. The van der Waals surface area contributed by atoms with Crippen LogP contribution >= 0.6 is 0 Å². The molecular weight excluding hydrogens is 358 g/mol. The second-order valence-electron chi connectivity index (χ2n) is 5.99. The monoisotopic (exact) mass is 383 g/mol. The Bertz CT molecular complexity index is 769. The fraction of sp³-hybridized carbons (Fsp3) is 0.273. The first kappa shape index (κ1) is 21.0. The van der Waals surface area contributed by atoms with Crippen LogP contribution in [-0.2, 0) is 9.53 Å². The van der Waals surface area contributed by atoms with Crippen LogP contribution in [0.1, 0.15) is 29.6 Å². The van der Waals surface area contributed by atoms with E-state index in [1.807, 2.05) is 0 Å². The number of anilines is 1. The highest BCUT2D eigenvalue weighted by Gasteiger charge is 2.06. The van der Waals surface area contributed by atoms with Gasteiger partial charge < -0.3 is 19.5 Å². The van der Waals surface area contributed by atoms with Crippen molar-refractivity contribution in [3.63, 3.8) is 0 Å². The van der Waals surface area contributed by atoms with E-state index < -0.39 is 5.97 Å². The van der Waals surface area contributed by atoms with E-state index in [2.05, 4.69) is 11.9 Å². The highest BCUT2D eigenvalue weighted by molar-refractivity contribution is 6.04. The van der Waals surface area contributed by atoms with E-state index in [0.29, 0.717) is 30.2 Å². The summed E-state index contributed by atoms with van der Waals surface area (Å²) in [5.74, 6) is 0.856. The summed E-state index contributed by atoms with van der Waals surface area (Å²) in [6.07, 6.45) is 3.69. The van der Waals surface area contributed by atoms with Crippen molar-refractivity contribution in [1.82, 2.24) is 0 Å². The first-order valence-corrected chi connectivity index (χ1v) is 9.10. The lowest BCUT2D eigenvalue weighted by molar-refractivity contribution is -0.137. The topological polar surface area (TPSA) is 73.9 Å². The molecule has 148 valence electrons. The molecule has 0 aliphatic heterocycles. The summed E-state index contributed by atoms with van der Waals surface area (Å²) >= 11 is 0. The number of methoxy groups -OCH3 is 1. The van der Waals surface area contributed by atoms with Crippen molar-refractivity contribution < 1.29 is 23.8 Å². The van der Waals surface area contributed by atoms with Crippen molar-refractivity contribution in [2.24, 2.45) is 0 Å². The Morgan fingerprint density at radius 1 is 0.929 bits per heavy atom. The number of hydrogen-bond donors (Lipinski definition) is 1. The Hall–Kier alpha value is -3.28. The molecule has 0 unspecified atom stereocenters. The molecule has 2 rings (SSSR count). The van der Waals surface area contributed by atoms with Gasteiger partial charge in [0.2, 0.25) is 0 Å². The molecule has 0 aromatic heterocycles. The summed E-state index contributed by atoms with van der Waals surface area (Å²) in [6.45, 7) is 4.30. The van der Waals surface area contributed by atoms with Gasteiger partial charge in [0.1, 0.15) is 11.5 Å². The number of benzene rings is 2. The fourth-order valence-electron chi connectivity index (χ4n) is 2.38. The molecule has 0 heterocycles. The zero-order valence-corrected chi connectivity index (χ0v) is 16.0. The van der Waals surface area contributed by atoms with Crippen LogP contribution in [0.15, 0.2) is 61.2 Å². The SMILES string of the molecule is C=CC(=O)OCCCCCOc1ccc(C(=O)Nc2ccc(OC)cc2)cc1. The van der Waals surface area contributed by atoms with Crippen LogP contribution in [0.2, 0.25) is 0 Å². The predicted octanol–water partition coefficient (Wildman–Crippen LogP) is 4.23. The Labute approximate surface area is 165 Å². The number of ether oxygens (including phenoxy) is 3. The molecule has 1 amide bonds. The standard InChI is InChI=1S/C22H25NO5/c1-3-21(24)28-16-6-4-5-15-27-20-11-7-17(8-12-20)22(25)23-18-9-13-19(26-2)14-10-18/h3,7-14H,1,4-6,15-16H2,2H3,(H,23,25). The highest BCUT2D eigenvalue weighted by atomic mass is 16.5. The number of carbonyl (C=O) groups excluding carboxylic acids is 2. The predicted molar refractivity (Wildman–Crippen MR) is 108 cm³/mol. The van der Waals surface area contributed by atoms with Crippen LogP contribution in [0, 0.1) is 0 Å². The van der Waals surface area contributed by atoms with E-state index in [0.717, 1.165) is 31.1 Å². The molecule has 0 spiro atoms. The molecule has 0 saturated carbocycles. The minimum atomic E-state index is -0.396. The Morgan fingerprint density at radius 2 is 1.57 bits per heavy atom. The van der Waals surface area contributed by atoms with Gasteiger partial charge in [-0.05, 0) is 67.8 Å². The maximum atomic E-state index is 12.3. The van der Waals surface area contributed by atoms with Gasteiger partial charge in [-0.2, -0.15) is 0 Å². The van der Waals surface area contributed by atoms with E-state index in [4.69, 9.17) is 14.2 Å². The summed E-state index contributed by atoms with van der Waals surface area (Å²) in [5, 5.41) is 2.84. The Kier molecular flexibility index (Phi) is 8.59. The first-order valence-electron chi connectivity index (χ1n) is 9.10. The van der Waals surface area contributed by atoms with Crippen LogP contribution in [0.5, 0.6) is 11.5 Å². The number of unbranched alkanes of at least 4 members (excludes halogenated alkanes) is 2. The summed E-state index contributed by atoms with van der Waals surface area (Å²) < 4.78 is 15.7. The van der Waals surface area contributed by atoms with Crippen LogP contribution in [0.4, 0.5) is 5.69 Å². The summed E-state index contributed by atoms with van der Waals surface area (Å²) in [5.41, 5.74) is 1.25. The van der Waals surface area contributed by atoms with Crippen molar-refractivity contribution in [2.75, 3.05) is 25.6 Å². The molecule has 0 saturated heterocycles. The van der Waals surface area contributed by atoms with E-state index in [9.17, 15) is 9.59 Å². The molecule has 2 aromatic carbocycles. The summed E-state index contributed by atoms with van der Waals surface area (Å²) in [4.78, 5) is 23.2. The largest absolute Gasteiger partial charge is 0.497 e. The van der Waals surface area contributed by atoms with Crippen molar-refractivity contribution in [3.8, 4) is 11.5 Å². The second kappa shape index (κ2) is 11.4. The minimum absolute atomic E-state index is 0.189. The van der Waals surface area contributed by atoms with Crippen molar-refractivity contribution in [2.45, 2.75) is 19.3 Å². The van der Waals surface area contributed by atoms with Gasteiger partial charge in [-0.1, -0.05) is 6.58 Å². The molecule has 0 bridgehead atoms. The van der Waals surface area contributed by atoms with Gasteiger partial charge in [0.05, 0.1) is 20.3 Å². The van der Waals surface area contributed by atoms with Crippen molar-refractivity contribution >= 4 is 17.6 Å². The van der Waals surface area contributed by atoms with Gasteiger partial charge in [0.25, 0.3) is 5.91 Å². The molecule has 0 fully saturated rings. The van der Waals surface area contributed by atoms with Crippen LogP contribution < -0.4 is 14.8 Å². The van der Waals surface area contributed by atoms with Crippen molar-refractivity contribution in [3.05, 3.63) is 66.7 Å². The third kappa shape index (κ3) is 7.15. The van der Waals surface area contributed by atoms with Crippen LogP contribution in [0.3, 0.4) is 0 Å². The number of amides is 1. The zero-order chi connectivity index (χ0) is 20.2. The third-order valence-electron chi connectivity index (χ3n) is 3.93. The molecule has 0 atom stereocenters. The quantitative estimate of drug-likeness (QED) is 0.357. The fourth-order valence-corrected chi connectivity index (χ4v) is 2.38. The molecular formula is C22H25NO5. The van der Waals surface area contributed by atoms with Gasteiger partial charge in [0, 0.05) is 17.3 Å². The lowest BCUT2D eigenvalue weighted by Gasteiger charge is -2.09. The Morgan fingerprint density at radius 3 is 2.21 bits per heavy atom. The summed E-state index contributed by atoms with van der Waals surface area (Å²) in [7, 11) is 1.60. The van der Waals surface area contributed by atoms with E-state index >= 15 is 0 Å². The van der Waals surface area contributed by atoms with E-state index in [1.54, 1.807) is 55.6 Å². The van der Waals surface area contributed by atoms with Gasteiger partial charge in [-0.25, -0.2) is 4.79 Å². The van der Waals surface area contributed by atoms with E-state index in [-0.39, 0.29) is 5.91 Å². The lowest BCUT2D eigenvalue weighted by Crippen LogP contribution is -2.11. The van der Waals surface area contributed by atoms with Gasteiger partial charge in [0.15, 0.2) is 0 Å². The van der Waals surface area contributed by atoms with E-state index in [1.165, 1.54) is 0 Å². The van der Waals surface area contributed by atoms with Crippen LogP contribution in [0.25, 0.3) is 0 Å². The average molecular weight is 383 g/mol. The number of nitrogens with one attached hydrogen (secondary N) is 1. The van der Waals surface area contributed by atoms with Gasteiger partial charge >= 0.3 is 5.97 Å². The molecule has 6 heteroatoms. The maximum absolute atomic E-state index is 12.3. The summed E-state index contributed by atoms with van der Waals surface area (Å²) in [6, 6.07) is 14.1. The molecule has 0 aliphatic carbocycles. The molecule has 6 nitrogen and oxygen atoms in total. The van der Waals surface area contributed by atoms with Gasteiger partial charge in [-0.3, -0.25) is 4.79 Å². The second-order valence-corrected chi connectivity index (χ2v) is 5.99. The zero-order valence-electron chi connectivity index (χ0n) is 16.0. The Balaban J connectivity index is 1.69. The number of carbonyl (C=O) groups is 2. The van der Waals surface area contributed by atoms with Gasteiger partial charge in [-0.15, -0.1) is 0 Å². The molecule has 2 aromatic rings. The normalized spacial score (nSPS) is 10.0. The molecule has 0 aliphatic rings. The third-order valence-corrected chi connectivity index (χ3v) is 3.93. The number of esters is 1. The molecule has 28 heavy (non-hydrogen) atoms. The maximum Gasteiger partial charge on any atom is 0.330 e. The number of hydrogen-bond acceptors (Lipinski definition) is 5.